The molecule has 2 fully saturated rings. The number of rotatable bonds is 3. The van der Waals surface area contributed by atoms with Crippen LogP contribution in [0.4, 0.5) is 0 Å². The molecule has 3 unspecified atom stereocenters. The van der Waals surface area contributed by atoms with Crippen LogP contribution in [0.1, 0.15) is 42.9 Å². The van der Waals surface area contributed by atoms with Crippen LogP contribution in [0.3, 0.4) is 0 Å². The van der Waals surface area contributed by atoms with Gasteiger partial charge in [0.1, 0.15) is 0 Å². The molecule has 0 radical (unpaired) electrons. The molecule has 1 N–H and O–H groups in total. The lowest BCUT2D eigenvalue weighted by Gasteiger charge is -2.36. The van der Waals surface area contributed by atoms with Gasteiger partial charge in [0.25, 0.3) is 0 Å². The van der Waals surface area contributed by atoms with Gasteiger partial charge in [-0.1, -0.05) is 24.3 Å². The van der Waals surface area contributed by atoms with Crippen molar-refractivity contribution >= 4 is 0 Å². The molecular formula is C18H26N2O. The molecule has 2 aliphatic heterocycles. The van der Waals surface area contributed by atoms with Crippen molar-refractivity contribution in [2.24, 2.45) is 0 Å². The molecule has 3 aliphatic rings. The first-order chi connectivity index (χ1) is 10.4. The first-order valence-electron chi connectivity index (χ1n) is 8.57. The van der Waals surface area contributed by atoms with Gasteiger partial charge in [-0.05, 0) is 49.8 Å². The van der Waals surface area contributed by atoms with E-state index < -0.39 is 0 Å². The predicted octanol–water partition coefficient (Wildman–Crippen LogP) is 2.52. The zero-order valence-electron chi connectivity index (χ0n) is 12.8. The highest BCUT2D eigenvalue weighted by atomic mass is 16.5. The normalized spacial score (nSPS) is 32.7. The smallest absolute Gasteiger partial charge is 0.0827 e. The Morgan fingerprint density at radius 1 is 1.19 bits per heavy atom. The zero-order chi connectivity index (χ0) is 14.1. The van der Waals surface area contributed by atoms with Crippen LogP contribution in [0, 0.1) is 0 Å². The highest BCUT2D eigenvalue weighted by molar-refractivity contribution is 5.32. The van der Waals surface area contributed by atoms with E-state index in [9.17, 15) is 0 Å². The van der Waals surface area contributed by atoms with Crippen LogP contribution in [0.15, 0.2) is 24.3 Å². The van der Waals surface area contributed by atoms with E-state index in [-0.39, 0.29) is 0 Å². The van der Waals surface area contributed by atoms with E-state index in [2.05, 4.69) is 34.5 Å². The third kappa shape index (κ3) is 2.87. The summed E-state index contributed by atoms with van der Waals surface area (Å²) in [6.07, 6.45) is 6.85. The Morgan fingerprint density at radius 3 is 3.14 bits per heavy atom. The Kier molecular flexibility index (Phi) is 3.97. The summed E-state index contributed by atoms with van der Waals surface area (Å²) in [5.41, 5.74) is 3.05. The van der Waals surface area contributed by atoms with Crippen molar-refractivity contribution in [3.63, 3.8) is 0 Å². The van der Waals surface area contributed by atoms with Crippen molar-refractivity contribution in [2.45, 2.75) is 50.3 Å². The molecule has 21 heavy (non-hydrogen) atoms. The van der Waals surface area contributed by atoms with Gasteiger partial charge >= 0.3 is 0 Å². The summed E-state index contributed by atoms with van der Waals surface area (Å²) in [5.74, 6) is 0. The fourth-order valence-corrected chi connectivity index (χ4v) is 4.25. The second kappa shape index (κ2) is 6.07. The van der Waals surface area contributed by atoms with Gasteiger partial charge in [-0.25, -0.2) is 0 Å². The van der Waals surface area contributed by atoms with Crippen LogP contribution in [0.5, 0.6) is 0 Å². The average molecular weight is 286 g/mol. The SMILES string of the molecule is c1ccc2c(c1)CCCC2NCC1CN2CCCC2CO1. The number of aryl methyl sites for hydroxylation is 1. The van der Waals surface area contributed by atoms with E-state index in [1.165, 1.54) is 49.8 Å². The van der Waals surface area contributed by atoms with Crippen molar-refractivity contribution in [3.8, 4) is 0 Å². The lowest BCUT2D eigenvalue weighted by atomic mass is 9.87. The van der Waals surface area contributed by atoms with E-state index in [4.69, 9.17) is 4.74 Å². The maximum atomic E-state index is 6.07. The van der Waals surface area contributed by atoms with Gasteiger partial charge < -0.3 is 10.1 Å². The zero-order valence-corrected chi connectivity index (χ0v) is 12.8. The molecule has 0 amide bonds. The monoisotopic (exact) mass is 286 g/mol. The maximum absolute atomic E-state index is 6.07. The number of benzene rings is 1. The lowest BCUT2D eigenvalue weighted by molar-refractivity contribution is -0.0480. The van der Waals surface area contributed by atoms with Crippen LogP contribution in [-0.4, -0.2) is 43.3 Å². The number of nitrogens with one attached hydrogen (secondary N) is 1. The van der Waals surface area contributed by atoms with Gasteiger partial charge in [-0.2, -0.15) is 0 Å². The minimum absolute atomic E-state index is 0.369. The molecule has 3 nitrogen and oxygen atoms in total. The molecule has 1 aromatic carbocycles. The van der Waals surface area contributed by atoms with Crippen LogP contribution in [0.25, 0.3) is 0 Å². The summed E-state index contributed by atoms with van der Waals surface area (Å²) in [4.78, 5) is 2.63. The van der Waals surface area contributed by atoms with Crippen molar-refractivity contribution in [1.29, 1.82) is 0 Å². The van der Waals surface area contributed by atoms with Crippen LogP contribution < -0.4 is 5.32 Å². The van der Waals surface area contributed by atoms with E-state index >= 15 is 0 Å². The molecule has 0 saturated carbocycles. The summed E-state index contributed by atoms with van der Waals surface area (Å²) >= 11 is 0. The average Bonchev–Trinajstić information content (AvgIpc) is 3.00. The van der Waals surface area contributed by atoms with Crippen LogP contribution >= 0.6 is 0 Å². The molecular weight excluding hydrogens is 260 g/mol. The highest BCUT2D eigenvalue weighted by Crippen LogP contribution is 2.29. The molecule has 1 aromatic rings. The summed E-state index contributed by atoms with van der Waals surface area (Å²) in [6, 6.07) is 10.1. The maximum Gasteiger partial charge on any atom is 0.0827 e. The Balaban J connectivity index is 1.35. The number of morpholine rings is 1. The topological polar surface area (TPSA) is 24.5 Å². The first kappa shape index (κ1) is 13.7. The third-order valence-electron chi connectivity index (χ3n) is 5.42. The largest absolute Gasteiger partial charge is 0.374 e. The van der Waals surface area contributed by atoms with Gasteiger partial charge in [-0.15, -0.1) is 0 Å². The predicted molar refractivity (Wildman–Crippen MR) is 84.5 cm³/mol. The molecule has 2 heterocycles. The Labute approximate surface area is 127 Å². The van der Waals surface area contributed by atoms with Gasteiger partial charge in [0.15, 0.2) is 0 Å². The quantitative estimate of drug-likeness (QED) is 0.924. The third-order valence-corrected chi connectivity index (χ3v) is 5.42. The number of hydrogen-bond acceptors (Lipinski definition) is 3. The molecule has 0 spiro atoms. The number of hydrogen-bond donors (Lipinski definition) is 1. The van der Waals surface area contributed by atoms with Gasteiger partial charge in [0.2, 0.25) is 0 Å². The van der Waals surface area contributed by atoms with Crippen LogP contribution in [0.2, 0.25) is 0 Å². The second-order valence-corrected chi connectivity index (χ2v) is 6.80. The standard InChI is InChI=1S/C18H26N2O/c1-2-8-17-14(5-1)6-3-9-18(17)19-11-16-12-20-10-4-7-15(20)13-21-16/h1-2,5,8,15-16,18-19H,3-4,6-7,9-13H2. The van der Waals surface area contributed by atoms with Crippen molar-refractivity contribution in [3.05, 3.63) is 35.4 Å². The molecule has 4 rings (SSSR count). The Hall–Kier alpha value is -0.900. The van der Waals surface area contributed by atoms with E-state index in [0.717, 1.165) is 19.7 Å². The fourth-order valence-electron chi connectivity index (χ4n) is 4.25. The number of fused-ring (bicyclic) bond motifs is 2. The first-order valence-corrected chi connectivity index (χ1v) is 8.57. The molecule has 0 bridgehead atoms. The van der Waals surface area contributed by atoms with Gasteiger partial charge in [0.05, 0.1) is 12.7 Å². The molecule has 1 aliphatic carbocycles. The fraction of sp³-hybridized carbons (Fsp3) is 0.667. The molecule has 3 atom stereocenters. The van der Waals surface area contributed by atoms with E-state index in [1.807, 2.05) is 0 Å². The van der Waals surface area contributed by atoms with Crippen LogP contribution in [-0.2, 0) is 11.2 Å². The summed E-state index contributed by atoms with van der Waals surface area (Å²) in [6.45, 7) is 4.32. The minimum atomic E-state index is 0.369. The van der Waals surface area contributed by atoms with E-state index in [0.29, 0.717) is 18.2 Å². The molecule has 2 saturated heterocycles. The summed E-state index contributed by atoms with van der Waals surface area (Å²) in [5, 5.41) is 3.78. The van der Waals surface area contributed by atoms with Gasteiger partial charge in [-0.3, -0.25) is 4.90 Å². The van der Waals surface area contributed by atoms with Crippen molar-refractivity contribution in [1.82, 2.24) is 10.2 Å². The highest BCUT2D eigenvalue weighted by Gasteiger charge is 2.32. The molecule has 114 valence electrons. The Morgan fingerprint density at radius 2 is 2.14 bits per heavy atom. The van der Waals surface area contributed by atoms with Gasteiger partial charge in [0, 0.05) is 25.2 Å². The summed E-state index contributed by atoms with van der Waals surface area (Å²) in [7, 11) is 0. The Bertz CT molecular complexity index is 490. The van der Waals surface area contributed by atoms with Crippen molar-refractivity contribution < 1.29 is 4.74 Å². The number of nitrogens with zero attached hydrogens (tertiary/aromatic N) is 1. The summed E-state index contributed by atoms with van der Waals surface area (Å²) < 4.78 is 6.07. The van der Waals surface area contributed by atoms with Crippen molar-refractivity contribution in [2.75, 3.05) is 26.2 Å². The molecule has 3 heteroatoms. The molecule has 0 aromatic heterocycles. The minimum Gasteiger partial charge on any atom is -0.374 e. The van der Waals surface area contributed by atoms with E-state index in [1.54, 1.807) is 0 Å². The lowest BCUT2D eigenvalue weighted by Crippen LogP contribution is -2.49. The second-order valence-electron chi connectivity index (χ2n) is 6.80. The number of ether oxygens (including phenoxy) is 1.